The highest BCUT2D eigenvalue weighted by molar-refractivity contribution is 6.11. The molecule has 0 saturated carbocycles. The maximum absolute atomic E-state index is 12.4. The number of carbonyl (C=O) groups excluding carboxylic acids is 1. The summed E-state index contributed by atoms with van der Waals surface area (Å²) < 4.78 is 5.45. The van der Waals surface area contributed by atoms with Crippen molar-refractivity contribution in [2.24, 2.45) is 16.3 Å². The monoisotopic (exact) mass is 279 g/mol. The van der Waals surface area contributed by atoms with Gasteiger partial charge in [0.2, 0.25) is 5.91 Å². The van der Waals surface area contributed by atoms with Crippen LogP contribution in [0.4, 0.5) is 5.69 Å². The number of nitrogens with one attached hydrogen (secondary N) is 1. The molecule has 6 nitrogen and oxygen atoms in total. The number of amidine groups is 1. The molecule has 0 radical (unpaired) electrons. The first-order valence-electron chi connectivity index (χ1n) is 6.50. The van der Waals surface area contributed by atoms with Crippen LogP contribution in [0.1, 0.15) is 27.2 Å². The van der Waals surface area contributed by atoms with Crippen LogP contribution in [0.5, 0.6) is 5.75 Å². The second-order valence-electron chi connectivity index (χ2n) is 4.55. The van der Waals surface area contributed by atoms with Crippen LogP contribution < -0.4 is 15.8 Å². The normalized spacial score (nSPS) is 14.4. The SMILES string of the molecule is CCOc1ccccc1NC(=O)C(C)(CC)/C(N)=N/O. The number of rotatable bonds is 6. The number of ether oxygens (including phenoxy) is 1. The van der Waals surface area contributed by atoms with E-state index >= 15 is 0 Å². The van der Waals surface area contributed by atoms with Gasteiger partial charge in [-0.05, 0) is 32.4 Å². The first-order chi connectivity index (χ1) is 9.49. The van der Waals surface area contributed by atoms with Crippen LogP contribution in [0.3, 0.4) is 0 Å². The number of nitrogens with zero attached hydrogens (tertiary/aromatic N) is 1. The average Bonchev–Trinajstić information content (AvgIpc) is 2.47. The predicted octanol–water partition coefficient (Wildman–Crippen LogP) is 2.19. The van der Waals surface area contributed by atoms with E-state index in [-0.39, 0.29) is 11.7 Å². The molecule has 0 aliphatic rings. The van der Waals surface area contributed by atoms with Crippen molar-refractivity contribution in [2.75, 3.05) is 11.9 Å². The molecule has 4 N–H and O–H groups in total. The Hall–Kier alpha value is -2.24. The number of nitrogens with two attached hydrogens (primary N) is 1. The van der Waals surface area contributed by atoms with Gasteiger partial charge in [0.05, 0.1) is 12.3 Å². The Morgan fingerprint density at radius 3 is 2.65 bits per heavy atom. The highest BCUT2D eigenvalue weighted by atomic mass is 16.5. The minimum atomic E-state index is -1.08. The number of para-hydroxylation sites is 2. The Morgan fingerprint density at radius 2 is 2.10 bits per heavy atom. The zero-order chi connectivity index (χ0) is 15.2. The van der Waals surface area contributed by atoms with E-state index < -0.39 is 5.41 Å². The van der Waals surface area contributed by atoms with E-state index in [2.05, 4.69) is 10.5 Å². The molecule has 0 bridgehead atoms. The van der Waals surface area contributed by atoms with Crippen molar-refractivity contribution in [1.82, 2.24) is 0 Å². The van der Waals surface area contributed by atoms with Crippen molar-refractivity contribution < 1.29 is 14.7 Å². The van der Waals surface area contributed by atoms with E-state index in [0.717, 1.165) is 0 Å². The molecule has 0 heterocycles. The number of amides is 1. The molecule has 1 unspecified atom stereocenters. The molecule has 0 aliphatic heterocycles. The molecule has 0 spiro atoms. The van der Waals surface area contributed by atoms with Crippen molar-refractivity contribution >= 4 is 17.4 Å². The zero-order valence-electron chi connectivity index (χ0n) is 12.0. The molecule has 1 amide bonds. The zero-order valence-corrected chi connectivity index (χ0v) is 12.0. The first kappa shape index (κ1) is 15.8. The van der Waals surface area contributed by atoms with Gasteiger partial charge in [-0.15, -0.1) is 0 Å². The number of benzene rings is 1. The van der Waals surface area contributed by atoms with Gasteiger partial charge in [0.15, 0.2) is 5.84 Å². The lowest BCUT2D eigenvalue weighted by molar-refractivity contribution is -0.121. The Labute approximate surface area is 118 Å². The highest BCUT2D eigenvalue weighted by Crippen LogP contribution is 2.28. The maximum atomic E-state index is 12.4. The van der Waals surface area contributed by atoms with Gasteiger partial charge in [-0.1, -0.05) is 24.2 Å². The van der Waals surface area contributed by atoms with Crippen LogP contribution in [-0.4, -0.2) is 23.6 Å². The Bertz CT molecular complexity index is 502. The van der Waals surface area contributed by atoms with Crippen molar-refractivity contribution in [3.63, 3.8) is 0 Å². The molecule has 1 aromatic rings. The topological polar surface area (TPSA) is 96.9 Å². The molecule has 1 rings (SSSR count). The van der Waals surface area contributed by atoms with Crippen LogP contribution in [0, 0.1) is 5.41 Å². The Kier molecular flexibility index (Phi) is 5.37. The molecular formula is C14H21N3O3. The number of hydrogen-bond donors (Lipinski definition) is 3. The van der Waals surface area contributed by atoms with Gasteiger partial charge in [-0.25, -0.2) is 0 Å². The Balaban J connectivity index is 3.01. The van der Waals surface area contributed by atoms with Crippen molar-refractivity contribution in [1.29, 1.82) is 0 Å². The second-order valence-corrected chi connectivity index (χ2v) is 4.55. The summed E-state index contributed by atoms with van der Waals surface area (Å²) in [6, 6.07) is 7.13. The van der Waals surface area contributed by atoms with Gasteiger partial charge in [0.25, 0.3) is 0 Å². The maximum Gasteiger partial charge on any atom is 0.238 e. The van der Waals surface area contributed by atoms with Gasteiger partial charge < -0.3 is 21.0 Å². The fraction of sp³-hybridized carbons (Fsp3) is 0.429. The second kappa shape index (κ2) is 6.79. The van der Waals surface area contributed by atoms with E-state index in [9.17, 15) is 4.79 Å². The van der Waals surface area contributed by atoms with Gasteiger partial charge in [-0.2, -0.15) is 0 Å². The number of hydrogen-bond acceptors (Lipinski definition) is 4. The third kappa shape index (κ3) is 3.20. The minimum absolute atomic E-state index is 0.119. The summed E-state index contributed by atoms with van der Waals surface area (Å²) in [7, 11) is 0. The number of anilines is 1. The lowest BCUT2D eigenvalue weighted by Gasteiger charge is -2.25. The summed E-state index contributed by atoms with van der Waals surface area (Å²) in [5.74, 6) is 0.121. The van der Waals surface area contributed by atoms with Gasteiger partial charge in [-0.3, -0.25) is 4.79 Å². The molecule has 110 valence electrons. The largest absolute Gasteiger partial charge is 0.492 e. The van der Waals surface area contributed by atoms with Crippen molar-refractivity contribution in [2.45, 2.75) is 27.2 Å². The summed E-state index contributed by atoms with van der Waals surface area (Å²) in [4.78, 5) is 12.4. The van der Waals surface area contributed by atoms with E-state index in [4.69, 9.17) is 15.7 Å². The molecule has 1 atom stereocenters. The van der Waals surface area contributed by atoms with Gasteiger partial charge >= 0.3 is 0 Å². The summed E-state index contributed by atoms with van der Waals surface area (Å²) >= 11 is 0. The minimum Gasteiger partial charge on any atom is -0.492 e. The van der Waals surface area contributed by atoms with Crippen molar-refractivity contribution in [3.05, 3.63) is 24.3 Å². The summed E-state index contributed by atoms with van der Waals surface area (Å²) in [6.07, 6.45) is 0.408. The van der Waals surface area contributed by atoms with Crippen molar-refractivity contribution in [3.8, 4) is 5.75 Å². The molecule has 1 aromatic carbocycles. The lowest BCUT2D eigenvalue weighted by Crippen LogP contribution is -2.44. The molecule has 20 heavy (non-hydrogen) atoms. The molecular weight excluding hydrogens is 258 g/mol. The average molecular weight is 279 g/mol. The third-order valence-electron chi connectivity index (χ3n) is 3.32. The van der Waals surface area contributed by atoms with Gasteiger partial charge in [0.1, 0.15) is 11.2 Å². The fourth-order valence-electron chi connectivity index (χ4n) is 1.68. The van der Waals surface area contributed by atoms with E-state index in [1.54, 1.807) is 32.0 Å². The molecule has 0 fully saturated rings. The molecule has 0 saturated heterocycles. The highest BCUT2D eigenvalue weighted by Gasteiger charge is 2.36. The fourth-order valence-corrected chi connectivity index (χ4v) is 1.68. The van der Waals surface area contributed by atoms with Crippen LogP contribution in [0.25, 0.3) is 0 Å². The quantitative estimate of drug-likeness (QED) is 0.322. The van der Waals surface area contributed by atoms with E-state index in [1.807, 2.05) is 13.0 Å². The first-order valence-corrected chi connectivity index (χ1v) is 6.50. The lowest BCUT2D eigenvalue weighted by atomic mass is 9.85. The Morgan fingerprint density at radius 1 is 1.45 bits per heavy atom. The van der Waals surface area contributed by atoms with Crippen LogP contribution in [0.2, 0.25) is 0 Å². The number of carbonyl (C=O) groups is 1. The summed E-state index contributed by atoms with van der Waals surface area (Å²) in [5, 5.41) is 14.5. The van der Waals surface area contributed by atoms with Crippen LogP contribution in [0.15, 0.2) is 29.4 Å². The van der Waals surface area contributed by atoms with E-state index in [1.165, 1.54) is 0 Å². The standard InChI is InChI=1S/C14H21N3O3/c1-4-14(3,12(15)17-19)13(18)16-10-8-6-7-9-11(10)20-5-2/h6-9,19H,4-5H2,1-3H3,(H2,15,17)(H,16,18). The summed E-state index contributed by atoms with van der Waals surface area (Å²) in [5.41, 5.74) is 5.11. The van der Waals surface area contributed by atoms with Crippen LogP contribution in [-0.2, 0) is 4.79 Å². The number of oxime groups is 1. The van der Waals surface area contributed by atoms with Crippen LogP contribution >= 0.6 is 0 Å². The molecule has 6 heteroatoms. The predicted molar refractivity (Wildman–Crippen MR) is 78.0 cm³/mol. The smallest absolute Gasteiger partial charge is 0.238 e. The molecule has 0 aromatic heterocycles. The molecule has 0 aliphatic carbocycles. The van der Waals surface area contributed by atoms with E-state index in [0.29, 0.717) is 24.5 Å². The summed E-state index contributed by atoms with van der Waals surface area (Å²) in [6.45, 7) is 5.79. The van der Waals surface area contributed by atoms with Gasteiger partial charge in [0, 0.05) is 0 Å². The third-order valence-corrected chi connectivity index (χ3v) is 3.32.